The number of pyridine rings is 1. The average Bonchev–Trinajstić information content (AvgIpc) is 2.62. The SMILES string of the molecule is COC(=O)c1ccc(/C=C(\F)Cc2cccc3cccnc23)cc1. The van der Waals surface area contributed by atoms with Gasteiger partial charge >= 0.3 is 5.97 Å². The van der Waals surface area contributed by atoms with E-state index in [1.54, 1.807) is 30.5 Å². The molecule has 24 heavy (non-hydrogen) atoms. The number of methoxy groups -OCH3 is 1. The van der Waals surface area contributed by atoms with E-state index < -0.39 is 5.97 Å². The lowest BCUT2D eigenvalue weighted by Crippen LogP contribution is -2.00. The highest BCUT2D eigenvalue weighted by atomic mass is 19.1. The molecule has 0 atom stereocenters. The van der Waals surface area contributed by atoms with Crippen LogP contribution in [-0.4, -0.2) is 18.1 Å². The number of para-hydroxylation sites is 1. The van der Waals surface area contributed by atoms with E-state index in [0.29, 0.717) is 11.1 Å². The molecular formula is C20H16FNO2. The number of aromatic nitrogens is 1. The van der Waals surface area contributed by atoms with Gasteiger partial charge in [-0.2, -0.15) is 0 Å². The van der Waals surface area contributed by atoms with Crippen LogP contribution >= 0.6 is 0 Å². The molecule has 0 N–H and O–H groups in total. The van der Waals surface area contributed by atoms with Gasteiger partial charge in [0.15, 0.2) is 0 Å². The molecule has 0 saturated heterocycles. The largest absolute Gasteiger partial charge is 0.465 e. The molecule has 120 valence electrons. The summed E-state index contributed by atoms with van der Waals surface area (Å²) in [4.78, 5) is 15.7. The first kappa shape index (κ1) is 15.9. The molecule has 3 rings (SSSR count). The summed E-state index contributed by atoms with van der Waals surface area (Å²) < 4.78 is 19.0. The smallest absolute Gasteiger partial charge is 0.337 e. The van der Waals surface area contributed by atoms with Crippen LogP contribution in [0.1, 0.15) is 21.5 Å². The Kier molecular flexibility index (Phi) is 4.66. The van der Waals surface area contributed by atoms with Gasteiger partial charge in [0.25, 0.3) is 0 Å². The van der Waals surface area contributed by atoms with Crippen molar-refractivity contribution >= 4 is 22.9 Å². The Morgan fingerprint density at radius 1 is 1.12 bits per heavy atom. The second-order valence-electron chi connectivity index (χ2n) is 5.37. The number of nitrogens with zero attached hydrogens (tertiary/aromatic N) is 1. The highest BCUT2D eigenvalue weighted by Crippen LogP contribution is 2.21. The van der Waals surface area contributed by atoms with Gasteiger partial charge in [0, 0.05) is 18.0 Å². The van der Waals surface area contributed by atoms with Crippen molar-refractivity contribution in [1.29, 1.82) is 0 Å². The summed E-state index contributed by atoms with van der Waals surface area (Å²) in [7, 11) is 1.33. The third-order valence-electron chi connectivity index (χ3n) is 3.73. The van der Waals surface area contributed by atoms with Gasteiger partial charge in [-0.25, -0.2) is 9.18 Å². The number of rotatable bonds is 4. The number of ether oxygens (including phenoxy) is 1. The van der Waals surface area contributed by atoms with Crippen LogP contribution in [-0.2, 0) is 11.2 Å². The first-order chi connectivity index (χ1) is 11.7. The number of halogens is 1. The maximum atomic E-state index is 14.4. The molecule has 2 aromatic carbocycles. The maximum absolute atomic E-state index is 14.4. The lowest BCUT2D eigenvalue weighted by molar-refractivity contribution is 0.0600. The predicted molar refractivity (Wildman–Crippen MR) is 92.3 cm³/mol. The molecule has 0 fully saturated rings. The summed E-state index contributed by atoms with van der Waals surface area (Å²) in [6, 6.07) is 16.2. The number of esters is 1. The van der Waals surface area contributed by atoms with Crippen LogP contribution in [0.5, 0.6) is 0 Å². The van der Waals surface area contributed by atoms with E-state index in [9.17, 15) is 9.18 Å². The highest BCUT2D eigenvalue weighted by Gasteiger charge is 2.06. The summed E-state index contributed by atoms with van der Waals surface area (Å²) in [6.07, 6.45) is 3.34. The molecule has 0 radical (unpaired) electrons. The molecular weight excluding hydrogens is 305 g/mol. The van der Waals surface area contributed by atoms with Gasteiger partial charge in [0.05, 0.1) is 18.2 Å². The summed E-state index contributed by atoms with van der Waals surface area (Å²) in [5.74, 6) is -0.674. The van der Waals surface area contributed by atoms with E-state index in [4.69, 9.17) is 0 Å². The van der Waals surface area contributed by atoms with E-state index in [0.717, 1.165) is 16.5 Å². The topological polar surface area (TPSA) is 39.2 Å². The maximum Gasteiger partial charge on any atom is 0.337 e. The van der Waals surface area contributed by atoms with Gasteiger partial charge in [-0.05, 0) is 35.4 Å². The normalized spacial score (nSPS) is 11.5. The van der Waals surface area contributed by atoms with Gasteiger partial charge in [-0.15, -0.1) is 0 Å². The van der Waals surface area contributed by atoms with Gasteiger partial charge in [-0.1, -0.05) is 36.4 Å². The summed E-state index contributed by atoms with van der Waals surface area (Å²) in [6.45, 7) is 0. The van der Waals surface area contributed by atoms with Gasteiger partial charge in [-0.3, -0.25) is 4.98 Å². The van der Waals surface area contributed by atoms with E-state index in [1.807, 2.05) is 30.3 Å². The van der Waals surface area contributed by atoms with Crippen molar-refractivity contribution in [3.8, 4) is 0 Å². The van der Waals surface area contributed by atoms with Crippen LogP contribution in [0.4, 0.5) is 4.39 Å². The lowest BCUT2D eigenvalue weighted by Gasteiger charge is -2.04. The highest BCUT2D eigenvalue weighted by molar-refractivity contribution is 5.89. The third kappa shape index (κ3) is 3.49. The van der Waals surface area contributed by atoms with Gasteiger partial charge < -0.3 is 4.74 Å². The quantitative estimate of drug-likeness (QED) is 0.661. The molecule has 1 heterocycles. The van der Waals surface area contributed by atoms with Crippen LogP contribution < -0.4 is 0 Å². The Bertz CT molecular complexity index is 896. The fourth-order valence-electron chi connectivity index (χ4n) is 2.56. The number of allylic oxidation sites excluding steroid dienone is 1. The summed E-state index contributed by atoms with van der Waals surface area (Å²) >= 11 is 0. The third-order valence-corrected chi connectivity index (χ3v) is 3.73. The molecule has 3 nitrogen and oxygen atoms in total. The summed E-state index contributed by atoms with van der Waals surface area (Å²) in [5.41, 5.74) is 2.78. The van der Waals surface area contributed by atoms with Crippen molar-refractivity contribution < 1.29 is 13.9 Å². The van der Waals surface area contributed by atoms with Crippen molar-refractivity contribution in [2.75, 3.05) is 7.11 Å². The van der Waals surface area contributed by atoms with Crippen molar-refractivity contribution in [2.24, 2.45) is 0 Å². The minimum atomic E-state index is -0.409. The van der Waals surface area contributed by atoms with E-state index in [-0.39, 0.29) is 12.2 Å². The Hall–Kier alpha value is -3.01. The Morgan fingerprint density at radius 3 is 2.62 bits per heavy atom. The Balaban J connectivity index is 1.82. The van der Waals surface area contributed by atoms with Crippen LogP contribution in [0.25, 0.3) is 17.0 Å². The molecule has 0 amide bonds. The predicted octanol–water partition coefficient (Wildman–Crippen LogP) is 4.57. The lowest BCUT2D eigenvalue weighted by atomic mass is 10.0. The number of carbonyl (C=O) groups excluding carboxylic acids is 1. The number of carbonyl (C=O) groups is 1. The molecule has 0 aliphatic rings. The number of benzene rings is 2. The molecule has 1 aromatic heterocycles. The van der Waals surface area contributed by atoms with Gasteiger partial charge in [0.1, 0.15) is 5.83 Å². The Labute approximate surface area is 139 Å². The van der Waals surface area contributed by atoms with E-state index in [1.165, 1.54) is 13.2 Å². The molecule has 0 saturated carbocycles. The van der Waals surface area contributed by atoms with Gasteiger partial charge in [0.2, 0.25) is 0 Å². The monoisotopic (exact) mass is 321 g/mol. The number of hydrogen-bond acceptors (Lipinski definition) is 3. The first-order valence-electron chi connectivity index (χ1n) is 7.54. The van der Waals surface area contributed by atoms with Crippen molar-refractivity contribution in [1.82, 2.24) is 4.98 Å². The van der Waals surface area contributed by atoms with Crippen molar-refractivity contribution in [3.63, 3.8) is 0 Å². The molecule has 0 spiro atoms. The first-order valence-corrected chi connectivity index (χ1v) is 7.54. The number of fused-ring (bicyclic) bond motifs is 1. The zero-order chi connectivity index (χ0) is 16.9. The molecule has 0 aliphatic heterocycles. The summed E-state index contributed by atoms with van der Waals surface area (Å²) in [5, 5.41) is 0.991. The molecule has 0 unspecified atom stereocenters. The average molecular weight is 321 g/mol. The minimum Gasteiger partial charge on any atom is -0.465 e. The Morgan fingerprint density at radius 2 is 1.88 bits per heavy atom. The minimum absolute atomic E-state index is 0.174. The van der Waals surface area contributed by atoms with Crippen LogP contribution in [0, 0.1) is 0 Å². The van der Waals surface area contributed by atoms with E-state index in [2.05, 4.69) is 9.72 Å². The number of hydrogen-bond donors (Lipinski definition) is 0. The zero-order valence-electron chi connectivity index (χ0n) is 13.2. The second kappa shape index (κ2) is 7.04. The molecule has 4 heteroatoms. The second-order valence-corrected chi connectivity index (χ2v) is 5.37. The standard InChI is InChI=1S/C20H16FNO2/c1-24-20(23)16-9-7-14(8-10-16)12-18(21)13-17-5-2-4-15-6-3-11-22-19(15)17/h2-12H,13H2,1H3/b18-12-. The van der Waals surface area contributed by atoms with Crippen LogP contribution in [0.2, 0.25) is 0 Å². The molecule has 3 aromatic rings. The molecule has 0 bridgehead atoms. The molecule has 0 aliphatic carbocycles. The fourth-order valence-corrected chi connectivity index (χ4v) is 2.56. The van der Waals surface area contributed by atoms with E-state index >= 15 is 0 Å². The van der Waals surface area contributed by atoms with Crippen molar-refractivity contribution in [3.05, 3.63) is 83.3 Å². The van der Waals surface area contributed by atoms with Crippen LogP contribution in [0.3, 0.4) is 0 Å². The zero-order valence-corrected chi connectivity index (χ0v) is 13.2. The fraction of sp³-hybridized carbons (Fsp3) is 0.100. The van der Waals surface area contributed by atoms with Crippen LogP contribution in [0.15, 0.2) is 66.6 Å². The van der Waals surface area contributed by atoms with Crippen molar-refractivity contribution in [2.45, 2.75) is 6.42 Å².